The summed E-state index contributed by atoms with van der Waals surface area (Å²) in [5.74, 6) is 0.390. The molecule has 1 atom stereocenters. The number of aliphatic imine (C=N–C) groups is 2. The van der Waals surface area contributed by atoms with E-state index in [0.717, 1.165) is 28.1 Å². The Kier molecular flexibility index (Phi) is 5.33. The number of anilines is 1. The molecule has 5 rings (SSSR count). The molecule has 0 aromatic heterocycles. The van der Waals surface area contributed by atoms with Gasteiger partial charge in [-0.15, -0.1) is 0 Å². The number of hydrogen-bond acceptors (Lipinski definition) is 5. The molecule has 2 heterocycles. The Bertz CT molecular complexity index is 1270. The van der Waals surface area contributed by atoms with Gasteiger partial charge >= 0.3 is 0 Å². The fraction of sp³-hybridized carbons (Fsp3) is 0.120. The molecule has 158 valence electrons. The second-order valence-corrected chi connectivity index (χ2v) is 8.45. The fourth-order valence-corrected chi connectivity index (χ4v) is 4.53. The Morgan fingerprint density at radius 3 is 2.53 bits per heavy atom. The molecular weight excluding hydrogens is 420 g/mol. The Balaban J connectivity index is 1.41. The van der Waals surface area contributed by atoms with E-state index < -0.39 is 6.04 Å². The molecule has 1 N–H and O–H groups in total. The molecular formula is C25H20N4O2S. The van der Waals surface area contributed by atoms with Crippen molar-refractivity contribution in [2.45, 2.75) is 13.0 Å². The molecule has 6 nitrogen and oxygen atoms in total. The molecule has 0 saturated heterocycles. The second-order valence-electron chi connectivity index (χ2n) is 7.50. The number of carbonyl (C=O) groups excluding carboxylic acids is 2. The molecule has 1 unspecified atom stereocenters. The van der Waals surface area contributed by atoms with Gasteiger partial charge in [-0.05, 0) is 36.2 Å². The molecule has 0 saturated carbocycles. The lowest BCUT2D eigenvalue weighted by atomic mass is 10.1. The number of rotatable bonds is 4. The molecule has 32 heavy (non-hydrogen) atoms. The second kappa shape index (κ2) is 8.43. The predicted molar refractivity (Wildman–Crippen MR) is 128 cm³/mol. The summed E-state index contributed by atoms with van der Waals surface area (Å²) in [6.07, 6.45) is 0. The lowest BCUT2D eigenvalue weighted by Gasteiger charge is -2.25. The van der Waals surface area contributed by atoms with Gasteiger partial charge in [0.1, 0.15) is 5.84 Å². The number of amidine groups is 2. The van der Waals surface area contributed by atoms with Crippen molar-refractivity contribution in [3.8, 4) is 0 Å². The third-order valence-corrected chi connectivity index (χ3v) is 6.28. The summed E-state index contributed by atoms with van der Waals surface area (Å²) < 4.78 is 0. The number of aryl methyl sites for hydroxylation is 1. The van der Waals surface area contributed by atoms with Crippen molar-refractivity contribution in [2.24, 2.45) is 9.98 Å². The van der Waals surface area contributed by atoms with E-state index in [1.54, 1.807) is 4.90 Å². The highest BCUT2D eigenvalue weighted by atomic mass is 32.2. The maximum atomic E-state index is 13.4. The standard InChI is InChI=1S/C25H20N4O2S/c1-16-9-5-7-13-19(16)26-21(30)15-32-25-27-20-14-8-6-12-18(20)23-28-22(24(31)29(23)25)17-10-3-2-4-11-17/h2-14,22H,15H2,1H3,(H,26,30). The zero-order valence-electron chi connectivity index (χ0n) is 17.4. The summed E-state index contributed by atoms with van der Waals surface area (Å²) >= 11 is 1.23. The lowest BCUT2D eigenvalue weighted by Crippen LogP contribution is -2.40. The first kappa shape index (κ1) is 20.2. The zero-order valence-corrected chi connectivity index (χ0v) is 18.2. The number of nitrogens with one attached hydrogen (secondary N) is 1. The minimum Gasteiger partial charge on any atom is -0.325 e. The first-order valence-electron chi connectivity index (χ1n) is 10.2. The van der Waals surface area contributed by atoms with Gasteiger partial charge in [-0.3, -0.25) is 9.59 Å². The van der Waals surface area contributed by atoms with Crippen LogP contribution in [0.25, 0.3) is 0 Å². The summed E-state index contributed by atoms with van der Waals surface area (Å²) in [4.78, 5) is 36.9. The van der Waals surface area contributed by atoms with Gasteiger partial charge < -0.3 is 5.32 Å². The summed E-state index contributed by atoms with van der Waals surface area (Å²) in [6, 6.07) is 24.1. The van der Waals surface area contributed by atoms with Crippen molar-refractivity contribution in [2.75, 3.05) is 11.1 Å². The highest BCUT2D eigenvalue weighted by Crippen LogP contribution is 2.37. The van der Waals surface area contributed by atoms with Crippen LogP contribution in [0, 0.1) is 6.92 Å². The zero-order chi connectivity index (χ0) is 22.1. The molecule has 2 aliphatic rings. The van der Waals surface area contributed by atoms with Gasteiger partial charge in [0.05, 0.1) is 11.4 Å². The summed E-state index contributed by atoms with van der Waals surface area (Å²) in [5, 5.41) is 3.39. The summed E-state index contributed by atoms with van der Waals surface area (Å²) in [7, 11) is 0. The molecule has 2 amide bonds. The van der Waals surface area contributed by atoms with E-state index in [4.69, 9.17) is 4.99 Å². The molecule has 0 radical (unpaired) electrons. The molecule has 2 aliphatic heterocycles. The molecule has 0 spiro atoms. The van der Waals surface area contributed by atoms with Crippen molar-refractivity contribution in [3.05, 3.63) is 95.6 Å². The number of thioether (sulfide) groups is 1. The minimum atomic E-state index is -0.621. The van der Waals surface area contributed by atoms with Crippen molar-refractivity contribution in [1.82, 2.24) is 4.90 Å². The average Bonchev–Trinajstić information content (AvgIpc) is 3.17. The summed E-state index contributed by atoms with van der Waals surface area (Å²) in [6.45, 7) is 1.94. The maximum absolute atomic E-state index is 13.4. The Morgan fingerprint density at radius 2 is 1.72 bits per heavy atom. The number of nitrogens with zero attached hydrogens (tertiary/aromatic N) is 3. The van der Waals surface area contributed by atoms with E-state index in [9.17, 15) is 9.59 Å². The molecule has 0 fully saturated rings. The largest absolute Gasteiger partial charge is 0.325 e. The summed E-state index contributed by atoms with van der Waals surface area (Å²) in [5.41, 5.74) is 4.15. The lowest BCUT2D eigenvalue weighted by molar-refractivity contribution is -0.124. The van der Waals surface area contributed by atoms with E-state index in [0.29, 0.717) is 11.0 Å². The van der Waals surface area contributed by atoms with Gasteiger partial charge in [0.25, 0.3) is 5.91 Å². The first-order chi connectivity index (χ1) is 15.6. The van der Waals surface area contributed by atoms with Crippen LogP contribution >= 0.6 is 11.8 Å². The Morgan fingerprint density at radius 1 is 1.00 bits per heavy atom. The normalized spacial score (nSPS) is 16.7. The Hall–Kier alpha value is -3.71. The monoisotopic (exact) mass is 440 g/mol. The van der Waals surface area contributed by atoms with Crippen molar-refractivity contribution in [1.29, 1.82) is 0 Å². The number of para-hydroxylation sites is 2. The molecule has 7 heteroatoms. The van der Waals surface area contributed by atoms with E-state index in [-0.39, 0.29) is 17.6 Å². The quantitative estimate of drug-likeness (QED) is 0.639. The molecule has 0 bridgehead atoms. The van der Waals surface area contributed by atoms with E-state index in [1.165, 1.54) is 11.8 Å². The van der Waals surface area contributed by atoms with Crippen molar-refractivity contribution >= 4 is 46.0 Å². The highest BCUT2D eigenvalue weighted by Gasteiger charge is 2.42. The van der Waals surface area contributed by atoms with E-state index >= 15 is 0 Å². The third-order valence-electron chi connectivity index (χ3n) is 5.34. The number of hydrogen-bond donors (Lipinski definition) is 1. The van der Waals surface area contributed by atoms with Crippen LogP contribution in [0.1, 0.15) is 22.7 Å². The van der Waals surface area contributed by atoms with Gasteiger partial charge in [0.2, 0.25) is 5.91 Å². The van der Waals surface area contributed by atoms with Crippen LogP contribution in [-0.4, -0.2) is 33.5 Å². The van der Waals surface area contributed by atoms with Gasteiger partial charge in [-0.25, -0.2) is 14.9 Å². The average molecular weight is 441 g/mol. The van der Waals surface area contributed by atoms with Gasteiger partial charge in [0.15, 0.2) is 11.2 Å². The molecule has 0 aliphatic carbocycles. The maximum Gasteiger partial charge on any atom is 0.263 e. The first-order valence-corrected chi connectivity index (χ1v) is 11.2. The topological polar surface area (TPSA) is 74.1 Å². The number of amides is 2. The predicted octanol–water partition coefficient (Wildman–Crippen LogP) is 4.70. The van der Waals surface area contributed by atoms with Crippen LogP contribution in [-0.2, 0) is 9.59 Å². The SMILES string of the molecule is Cc1ccccc1NC(=O)CSC1=Nc2ccccc2C2=NC(c3ccccc3)C(=O)N12. The van der Waals surface area contributed by atoms with Crippen LogP contribution in [0.3, 0.4) is 0 Å². The van der Waals surface area contributed by atoms with Gasteiger partial charge in [0, 0.05) is 11.3 Å². The Labute approximate surface area is 190 Å². The minimum absolute atomic E-state index is 0.127. The van der Waals surface area contributed by atoms with Gasteiger partial charge in [-0.1, -0.05) is 72.4 Å². The number of benzene rings is 3. The van der Waals surface area contributed by atoms with Crippen LogP contribution < -0.4 is 5.32 Å². The van der Waals surface area contributed by atoms with Crippen molar-refractivity contribution < 1.29 is 9.59 Å². The highest BCUT2D eigenvalue weighted by molar-refractivity contribution is 8.14. The number of fused-ring (bicyclic) bond motifs is 3. The third kappa shape index (κ3) is 3.71. The van der Waals surface area contributed by atoms with Crippen molar-refractivity contribution in [3.63, 3.8) is 0 Å². The molecule has 3 aromatic carbocycles. The van der Waals surface area contributed by atoms with Crippen LogP contribution in [0.2, 0.25) is 0 Å². The van der Waals surface area contributed by atoms with E-state index in [2.05, 4.69) is 10.3 Å². The van der Waals surface area contributed by atoms with E-state index in [1.807, 2.05) is 85.8 Å². The fourth-order valence-electron chi connectivity index (χ4n) is 3.73. The van der Waals surface area contributed by atoms with Crippen LogP contribution in [0.15, 0.2) is 88.8 Å². The smallest absolute Gasteiger partial charge is 0.263 e. The van der Waals surface area contributed by atoms with Gasteiger partial charge in [-0.2, -0.15) is 0 Å². The number of carbonyl (C=O) groups is 2. The van der Waals surface area contributed by atoms with Crippen LogP contribution in [0.5, 0.6) is 0 Å². The molecule has 3 aromatic rings. The van der Waals surface area contributed by atoms with Crippen LogP contribution in [0.4, 0.5) is 11.4 Å².